The van der Waals surface area contributed by atoms with Gasteiger partial charge in [-0.2, -0.15) is 0 Å². The van der Waals surface area contributed by atoms with Crippen molar-refractivity contribution in [1.82, 2.24) is 14.8 Å². The van der Waals surface area contributed by atoms with Crippen LogP contribution in [0.3, 0.4) is 0 Å². The number of morpholine rings is 1. The van der Waals surface area contributed by atoms with Crippen LogP contribution in [0.5, 0.6) is 0 Å². The fourth-order valence-corrected chi connectivity index (χ4v) is 2.72. The van der Waals surface area contributed by atoms with E-state index in [-0.39, 0.29) is 0 Å². The molecule has 0 bridgehead atoms. The van der Waals surface area contributed by atoms with E-state index in [9.17, 15) is 0 Å². The third kappa shape index (κ3) is 3.39. The molecule has 4 nitrogen and oxygen atoms in total. The lowest BCUT2D eigenvalue weighted by molar-refractivity contribution is 0.0342. The maximum atomic E-state index is 5.38. The van der Waals surface area contributed by atoms with Crippen molar-refractivity contribution in [2.24, 2.45) is 0 Å². The van der Waals surface area contributed by atoms with Crippen LogP contribution >= 0.6 is 0 Å². The fourth-order valence-electron chi connectivity index (χ4n) is 2.72. The van der Waals surface area contributed by atoms with Crippen molar-refractivity contribution >= 4 is 10.9 Å². The molecule has 3 rings (SSSR count). The average molecular weight is 273 g/mol. The maximum Gasteiger partial charge on any atom is 0.0594 e. The summed E-state index contributed by atoms with van der Waals surface area (Å²) < 4.78 is 5.38. The molecule has 1 N–H and O–H groups in total. The first-order valence-corrected chi connectivity index (χ1v) is 7.36. The van der Waals surface area contributed by atoms with Gasteiger partial charge >= 0.3 is 0 Å². The third-order valence-corrected chi connectivity index (χ3v) is 3.97. The summed E-state index contributed by atoms with van der Waals surface area (Å²) in [7, 11) is 2.19. The number of ether oxygens (including phenoxy) is 1. The Bertz CT molecular complexity index is 545. The molecule has 0 atom stereocenters. The molecule has 0 unspecified atom stereocenters. The molecule has 0 radical (unpaired) electrons. The highest BCUT2D eigenvalue weighted by molar-refractivity contribution is 5.79. The molecule has 1 fully saturated rings. The minimum atomic E-state index is 0.882. The molecular formula is C16H23N3O. The number of H-pyrrole nitrogens is 1. The third-order valence-electron chi connectivity index (χ3n) is 3.97. The Labute approximate surface area is 120 Å². The lowest BCUT2D eigenvalue weighted by Gasteiger charge is -2.28. The van der Waals surface area contributed by atoms with Crippen LogP contribution in [0.1, 0.15) is 5.56 Å². The molecular weight excluding hydrogens is 250 g/mol. The van der Waals surface area contributed by atoms with Gasteiger partial charge < -0.3 is 14.6 Å². The molecule has 1 aliphatic rings. The van der Waals surface area contributed by atoms with Crippen LogP contribution in [0.15, 0.2) is 30.5 Å². The van der Waals surface area contributed by atoms with Crippen LogP contribution in [0, 0.1) is 0 Å². The number of aromatic nitrogens is 1. The second kappa shape index (κ2) is 6.39. The Hall–Kier alpha value is -1.36. The summed E-state index contributed by atoms with van der Waals surface area (Å²) in [6.45, 7) is 7.14. The summed E-state index contributed by atoms with van der Waals surface area (Å²) in [5, 5.41) is 1.28. The topological polar surface area (TPSA) is 31.5 Å². The molecule has 108 valence electrons. The van der Waals surface area contributed by atoms with E-state index in [2.05, 4.69) is 46.1 Å². The van der Waals surface area contributed by atoms with E-state index < -0.39 is 0 Å². The van der Waals surface area contributed by atoms with Gasteiger partial charge in [0.2, 0.25) is 0 Å². The average Bonchev–Trinajstić information content (AvgIpc) is 2.94. The van der Waals surface area contributed by atoms with Gasteiger partial charge in [-0.15, -0.1) is 0 Å². The number of aromatic amines is 1. The van der Waals surface area contributed by atoms with Gasteiger partial charge in [0, 0.05) is 44.4 Å². The summed E-state index contributed by atoms with van der Waals surface area (Å²) in [6.07, 6.45) is 2.00. The van der Waals surface area contributed by atoms with Crippen LogP contribution < -0.4 is 0 Å². The zero-order valence-corrected chi connectivity index (χ0v) is 12.1. The molecule has 1 aliphatic heterocycles. The van der Waals surface area contributed by atoms with Gasteiger partial charge in [-0.25, -0.2) is 0 Å². The van der Waals surface area contributed by atoms with Crippen LogP contribution in [-0.4, -0.2) is 61.2 Å². The Morgan fingerprint density at radius 3 is 2.95 bits per heavy atom. The Balaban J connectivity index is 1.51. The van der Waals surface area contributed by atoms with Crippen molar-refractivity contribution in [3.05, 3.63) is 36.0 Å². The first kappa shape index (κ1) is 13.6. The first-order chi connectivity index (χ1) is 9.81. The van der Waals surface area contributed by atoms with Crippen molar-refractivity contribution in [3.8, 4) is 0 Å². The standard InChI is InChI=1S/C16H23N3O/c1-18(6-7-19-8-10-20-11-9-19)13-14-2-3-15-4-5-17-16(15)12-14/h2-5,12,17H,6-11,13H2,1H3. The highest BCUT2D eigenvalue weighted by Gasteiger charge is 2.11. The van der Waals surface area contributed by atoms with Gasteiger partial charge in [-0.05, 0) is 30.1 Å². The minimum absolute atomic E-state index is 0.882. The SMILES string of the molecule is CN(CCN1CCOCC1)Cc1ccc2cc[nH]c2c1. The number of nitrogens with one attached hydrogen (secondary N) is 1. The molecule has 4 heteroatoms. The summed E-state index contributed by atoms with van der Waals surface area (Å²) in [6, 6.07) is 8.78. The van der Waals surface area contributed by atoms with Crippen molar-refractivity contribution in [3.63, 3.8) is 0 Å². The number of hydrogen-bond donors (Lipinski definition) is 1. The molecule has 1 aromatic carbocycles. The van der Waals surface area contributed by atoms with E-state index in [4.69, 9.17) is 4.74 Å². The number of benzene rings is 1. The number of hydrogen-bond acceptors (Lipinski definition) is 3. The van der Waals surface area contributed by atoms with Crippen LogP contribution in [0.25, 0.3) is 10.9 Å². The highest BCUT2D eigenvalue weighted by atomic mass is 16.5. The van der Waals surface area contributed by atoms with Crippen molar-refractivity contribution in [2.45, 2.75) is 6.54 Å². The van der Waals surface area contributed by atoms with Gasteiger partial charge in [0.25, 0.3) is 0 Å². The van der Waals surface area contributed by atoms with Crippen LogP contribution in [0.2, 0.25) is 0 Å². The molecule has 0 spiro atoms. The Morgan fingerprint density at radius 1 is 1.25 bits per heavy atom. The quantitative estimate of drug-likeness (QED) is 0.903. The van der Waals surface area contributed by atoms with Gasteiger partial charge in [0.15, 0.2) is 0 Å². The van der Waals surface area contributed by atoms with E-state index in [0.717, 1.165) is 45.9 Å². The normalized spacial score (nSPS) is 17.1. The molecule has 20 heavy (non-hydrogen) atoms. The van der Waals surface area contributed by atoms with Crippen molar-refractivity contribution in [2.75, 3.05) is 46.4 Å². The molecule has 0 aliphatic carbocycles. The molecule has 1 saturated heterocycles. The summed E-state index contributed by atoms with van der Waals surface area (Å²) in [4.78, 5) is 8.15. The lowest BCUT2D eigenvalue weighted by atomic mass is 10.1. The zero-order valence-electron chi connectivity index (χ0n) is 12.1. The van der Waals surface area contributed by atoms with Crippen LogP contribution in [-0.2, 0) is 11.3 Å². The summed E-state index contributed by atoms with van der Waals surface area (Å²) >= 11 is 0. The van der Waals surface area contributed by atoms with E-state index in [0.29, 0.717) is 0 Å². The summed E-state index contributed by atoms with van der Waals surface area (Å²) in [5.41, 5.74) is 2.59. The first-order valence-electron chi connectivity index (χ1n) is 7.36. The highest BCUT2D eigenvalue weighted by Crippen LogP contribution is 2.15. The minimum Gasteiger partial charge on any atom is -0.379 e. The zero-order chi connectivity index (χ0) is 13.8. The second-order valence-electron chi connectivity index (χ2n) is 5.59. The lowest BCUT2D eigenvalue weighted by Crippen LogP contribution is -2.40. The van der Waals surface area contributed by atoms with Gasteiger partial charge in [-0.1, -0.05) is 12.1 Å². The van der Waals surface area contributed by atoms with E-state index in [1.807, 2.05) is 6.20 Å². The van der Waals surface area contributed by atoms with E-state index in [1.54, 1.807) is 0 Å². The van der Waals surface area contributed by atoms with E-state index in [1.165, 1.54) is 16.5 Å². The summed E-state index contributed by atoms with van der Waals surface area (Å²) in [5.74, 6) is 0. The molecule has 1 aromatic heterocycles. The predicted molar refractivity (Wildman–Crippen MR) is 81.9 cm³/mol. The van der Waals surface area contributed by atoms with Crippen molar-refractivity contribution < 1.29 is 4.74 Å². The second-order valence-corrected chi connectivity index (χ2v) is 5.59. The Kier molecular flexibility index (Phi) is 4.35. The Morgan fingerprint density at radius 2 is 2.10 bits per heavy atom. The maximum absolute atomic E-state index is 5.38. The number of nitrogens with zero attached hydrogens (tertiary/aromatic N) is 2. The predicted octanol–water partition coefficient (Wildman–Crippen LogP) is 1.93. The number of likely N-dealkylation sites (N-methyl/N-ethyl adjacent to an activating group) is 1. The van der Waals surface area contributed by atoms with Crippen molar-refractivity contribution in [1.29, 1.82) is 0 Å². The monoisotopic (exact) mass is 273 g/mol. The molecule has 0 saturated carbocycles. The molecule has 0 amide bonds. The number of fused-ring (bicyclic) bond motifs is 1. The van der Waals surface area contributed by atoms with Crippen LogP contribution in [0.4, 0.5) is 0 Å². The van der Waals surface area contributed by atoms with Gasteiger partial charge in [-0.3, -0.25) is 4.90 Å². The molecule has 2 heterocycles. The smallest absolute Gasteiger partial charge is 0.0594 e. The van der Waals surface area contributed by atoms with E-state index >= 15 is 0 Å². The largest absolute Gasteiger partial charge is 0.379 e. The fraction of sp³-hybridized carbons (Fsp3) is 0.500. The molecule has 2 aromatic rings. The van der Waals surface area contributed by atoms with Gasteiger partial charge in [0.1, 0.15) is 0 Å². The number of rotatable bonds is 5. The van der Waals surface area contributed by atoms with Gasteiger partial charge in [0.05, 0.1) is 13.2 Å².